The molecule has 46 heavy (non-hydrogen) atoms. The number of halogens is 4. The number of aldehydes is 1. The van der Waals surface area contributed by atoms with Crippen molar-refractivity contribution in [3.63, 3.8) is 0 Å². The highest BCUT2D eigenvalue weighted by Crippen LogP contribution is 2.45. The lowest BCUT2D eigenvalue weighted by atomic mass is 9.90. The van der Waals surface area contributed by atoms with Crippen molar-refractivity contribution in [2.24, 2.45) is 0 Å². The molecule has 6 aromatic rings. The molecule has 1 atom stereocenters. The number of hydrogen-bond donors (Lipinski definition) is 0. The maximum atomic E-state index is 15.1. The van der Waals surface area contributed by atoms with Crippen LogP contribution in [-0.2, 0) is 11.0 Å². The Kier molecular flexibility index (Phi) is 8.06. The monoisotopic (exact) mass is 633 g/mol. The van der Waals surface area contributed by atoms with Crippen LogP contribution < -0.4 is 0 Å². The van der Waals surface area contributed by atoms with Crippen LogP contribution in [0.2, 0.25) is 0 Å². The van der Waals surface area contributed by atoms with Gasteiger partial charge in [0.2, 0.25) is 0 Å². The second kappa shape index (κ2) is 12.3. The number of rotatable bonds is 7. The van der Waals surface area contributed by atoms with Gasteiger partial charge in [0.1, 0.15) is 17.9 Å². The predicted octanol–water partition coefficient (Wildman–Crippen LogP) is 8.98. The largest absolute Gasteiger partial charge is 0.298 e. The average Bonchev–Trinajstić information content (AvgIpc) is 3.41. The number of alkyl halides is 2. The Morgan fingerprint density at radius 1 is 0.761 bits per heavy atom. The molecule has 0 aliphatic heterocycles. The summed E-state index contributed by atoms with van der Waals surface area (Å²) in [6.45, 7) is 0. The van der Waals surface area contributed by atoms with E-state index in [4.69, 9.17) is 0 Å². The van der Waals surface area contributed by atoms with E-state index in [-0.39, 0.29) is 60.4 Å². The summed E-state index contributed by atoms with van der Waals surface area (Å²) in [5, 5.41) is 20.4. The first kappa shape index (κ1) is 30.2. The quantitative estimate of drug-likeness (QED) is 0.130. The zero-order chi connectivity index (χ0) is 32.5. The predicted molar refractivity (Wildman–Crippen MR) is 166 cm³/mol. The smallest absolute Gasteiger partial charge is 0.263 e. The van der Waals surface area contributed by atoms with E-state index < -0.39 is 29.0 Å². The fourth-order valence-corrected chi connectivity index (χ4v) is 6.72. The van der Waals surface area contributed by atoms with Gasteiger partial charge in [-0.2, -0.15) is 10.5 Å². The van der Waals surface area contributed by atoms with E-state index >= 15 is 4.39 Å². The SMILES string of the molecule is N#Cc1cccc(C#N)c1-c1c(-c2cccc(-c3ccc(C=O)cc3F)c2)n(S(=O)c2ccc(C(F)F)cc2)c2ccc(F)cc12. The van der Waals surface area contributed by atoms with Crippen LogP contribution in [-0.4, -0.2) is 14.5 Å². The molecule has 1 unspecified atom stereocenters. The van der Waals surface area contributed by atoms with Gasteiger partial charge >= 0.3 is 0 Å². The lowest BCUT2D eigenvalue weighted by Gasteiger charge is -2.15. The van der Waals surface area contributed by atoms with E-state index in [0.29, 0.717) is 17.4 Å². The molecule has 0 spiro atoms. The molecule has 224 valence electrons. The molecule has 5 aromatic carbocycles. The first-order valence-electron chi connectivity index (χ1n) is 13.7. The molecular formula is C36H19F4N3O2S. The third-order valence-corrected chi connectivity index (χ3v) is 8.90. The van der Waals surface area contributed by atoms with Crippen molar-refractivity contribution in [3.8, 4) is 45.6 Å². The Hall–Kier alpha value is -5.84. The zero-order valence-electron chi connectivity index (χ0n) is 23.5. The summed E-state index contributed by atoms with van der Waals surface area (Å²) in [7, 11) is -2.12. The Morgan fingerprint density at radius 2 is 1.43 bits per heavy atom. The molecule has 0 aliphatic rings. The zero-order valence-corrected chi connectivity index (χ0v) is 24.4. The third kappa shape index (κ3) is 5.25. The number of fused-ring (bicyclic) bond motifs is 1. The number of carbonyl (C=O) groups excluding carboxylic acids is 1. The molecule has 1 aromatic heterocycles. The van der Waals surface area contributed by atoms with Gasteiger partial charge < -0.3 is 0 Å². The molecule has 0 aliphatic carbocycles. The van der Waals surface area contributed by atoms with Gasteiger partial charge in [-0.25, -0.2) is 21.8 Å². The maximum Gasteiger partial charge on any atom is 0.263 e. The summed E-state index contributed by atoms with van der Waals surface area (Å²) in [6.07, 6.45) is -2.22. The first-order chi connectivity index (χ1) is 22.2. The van der Waals surface area contributed by atoms with Crippen molar-refractivity contribution in [2.45, 2.75) is 11.3 Å². The fraction of sp³-hybridized carbons (Fsp3) is 0.0278. The number of benzene rings is 5. The summed E-state index contributed by atoms with van der Waals surface area (Å²) in [4.78, 5) is 11.3. The third-order valence-electron chi connectivity index (χ3n) is 7.52. The number of nitrogens with zero attached hydrogens (tertiary/aromatic N) is 3. The molecule has 0 saturated heterocycles. The molecule has 0 N–H and O–H groups in total. The van der Waals surface area contributed by atoms with E-state index in [1.165, 1.54) is 64.6 Å². The van der Waals surface area contributed by atoms with E-state index in [0.717, 1.165) is 18.2 Å². The van der Waals surface area contributed by atoms with Crippen molar-refractivity contribution in [1.82, 2.24) is 3.97 Å². The van der Waals surface area contributed by atoms with Crippen LogP contribution in [0.4, 0.5) is 17.6 Å². The fourth-order valence-electron chi connectivity index (χ4n) is 5.44. The second-order valence-electron chi connectivity index (χ2n) is 10.2. The standard InChI is InChI=1S/C36H19F4N3O2S/c37-27-10-14-32-30(17-27)34(33-25(18-41)5-2-6-26(33)19-42)35(43(32)46(45)28-11-8-22(9-12-28)36(39)40)24-4-1-3-23(16-24)29-13-7-21(20-44)15-31(29)38/h1-17,20,36H. The van der Waals surface area contributed by atoms with Crippen molar-refractivity contribution in [2.75, 3.05) is 0 Å². The Bertz CT molecular complexity index is 2250. The van der Waals surface area contributed by atoms with Crippen molar-refractivity contribution in [1.29, 1.82) is 10.5 Å². The van der Waals surface area contributed by atoms with Gasteiger partial charge in [-0.3, -0.25) is 8.77 Å². The normalized spacial score (nSPS) is 11.7. The Labute approximate surface area is 262 Å². The van der Waals surface area contributed by atoms with Gasteiger partial charge in [-0.15, -0.1) is 0 Å². The van der Waals surface area contributed by atoms with E-state index in [1.807, 2.05) is 0 Å². The van der Waals surface area contributed by atoms with Gasteiger partial charge in [0, 0.05) is 38.8 Å². The van der Waals surface area contributed by atoms with Crippen LogP contribution in [0.5, 0.6) is 0 Å². The molecule has 0 saturated carbocycles. The molecule has 5 nitrogen and oxygen atoms in total. The van der Waals surface area contributed by atoms with Gasteiger partial charge in [-0.05, 0) is 60.2 Å². The minimum atomic E-state index is -2.74. The maximum absolute atomic E-state index is 15.1. The van der Waals surface area contributed by atoms with Crippen molar-refractivity contribution < 1.29 is 26.6 Å². The van der Waals surface area contributed by atoms with Crippen molar-refractivity contribution in [3.05, 3.63) is 137 Å². The van der Waals surface area contributed by atoms with E-state index in [9.17, 15) is 32.7 Å². The van der Waals surface area contributed by atoms with Gasteiger partial charge in [0.15, 0.2) is 11.0 Å². The highest BCUT2D eigenvalue weighted by atomic mass is 32.2. The number of carbonyl (C=O) groups is 1. The van der Waals surface area contributed by atoms with Crippen LogP contribution in [0.25, 0.3) is 44.4 Å². The van der Waals surface area contributed by atoms with E-state index in [2.05, 4.69) is 12.1 Å². The minimum Gasteiger partial charge on any atom is -0.298 e. The van der Waals surface area contributed by atoms with Crippen LogP contribution in [0.15, 0.2) is 108 Å². The molecule has 0 radical (unpaired) electrons. The summed E-state index contributed by atoms with van der Waals surface area (Å²) in [5.74, 6) is -1.29. The second-order valence-corrected chi connectivity index (χ2v) is 11.5. The molecule has 6 rings (SSSR count). The highest BCUT2D eigenvalue weighted by Gasteiger charge is 2.28. The average molecular weight is 634 g/mol. The van der Waals surface area contributed by atoms with Crippen LogP contribution in [0, 0.1) is 34.3 Å². The van der Waals surface area contributed by atoms with Crippen LogP contribution >= 0.6 is 0 Å². The molecule has 1 heterocycles. The number of hydrogen-bond acceptors (Lipinski definition) is 4. The lowest BCUT2D eigenvalue weighted by Crippen LogP contribution is -2.07. The highest BCUT2D eigenvalue weighted by molar-refractivity contribution is 7.83. The minimum absolute atomic E-state index is 0.0994. The topological polar surface area (TPSA) is 86.7 Å². The molecule has 0 amide bonds. The van der Waals surface area contributed by atoms with Gasteiger partial charge in [-0.1, -0.05) is 48.5 Å². The van der Waals surface area contributed by atoms with Gasteiger partial charge in [0.05, 0.1) is 39.4 Å². The van der Waals surface area contributed by atoms with E-state index in [1.54, 1.807) is 24.3 Å². The van der Waals surface area contributed by atoms with Crippen molar-refractivity contribution >= 4 is 28.2 Å². The van der Waals surface area contributed by atoms with Crippen LogP contribution in [0.3, 0.4) is 0 Å². The van der Waals surface area contributed by atoms with Crippen LogP contribution in [0.1, 0.15) is 33.5 Å². The van der Waals surface area contributed by atoms with Gasteiger partial charge in [0.25, 0.3) is 6.43 Å². The summed E-state index contributed by atoms with van der Waals surface area (Å²) >= 11 is 0. The Morgan fingerprint density at radius 3 is 2.07 bits per heavy atom. The summed E-state index contributed by atoms with van der Waals surface area (Å²) in [5.41, 5.74) is 1.90. The lowest BCUT2D eigenvalue weighted by molar-refractivity contribution is 0.112. The Balaban J connectivity index is 1.73. The summed E-state index contributed by atoms with van der Waals surface area (Å²) < 4.78 is 72.5. The summed E-state index contributed by atoms with van der Waals surface area (Å²) in [6, 6.07) is 28.0. The molecule has 0 fully saturated rings. The number of aromatic nitrogens is 1. The molecular weight excluding hydrogens is 614 g/mol. The molecule has 10 heteroatoms. The first-order valence-corrected chi connectivity index (χ1v) is 14.8. The number of nitriles is 2. The molecule has 0 bridgehead atoms.